The molecule has 1 amide bonds. The molecule has 0 aliphatic heterocycles. The molecule has 460 valence electrons. The lowest BCUT2D eigenvalue weighted by molar-refractivity contribution is -0.870. The molecule has 0 saturated carbocycles. The lowest BCUT2D eigenvalue weighted by atomic mass is 10.0. The summed E-state index contributed by atoms with van der Waals surface area (Å²) in [6.07, 6.45) is 75.9. The van der Waals surface area contributed by atoms with Crippen LogP contribution in [0.2, 0.25) is 0 Å². The first-order valence-electron chi connectivity index (χ1n) is 33.3. The number of phosphoric ester groups is 1. The van der Waals surface area contributed by atoms with E-state index in [9.17, 15) is 19.0 Å². The number of likely N-dealkylation sites (N-methyl/N-ethyl adjacent to an activating group) is 1. The minimum atomic E-state index is -4.70. The minimum Gasteiger partial charge on any atom is -0.756 e. The fourth-order valence-corrected chi connectivity index (χ4v) is 10.2. The summed E-state index contributed by atoms with van der Waals surface area (Å²) in [5.74, 6) is -0.550. The summed E-state index contributed by atoms with van der Waals surface area (Å²) in [6, 6.07) is -0.895. The van der Waals surface area contributed by atoms with Crippen molar-refractivity contribution in [2.75, 3.05) is 40.9 Å². The zero-order valence-electron chi connectivity index (χ0n) is 52.6. The average Bonchev–Trinajstić information content (AvgIpc) is 3.41. The first-order valence-corrected chi connectivity index (χ1v) is 34.7. The van der Waals surface area contributed by atoms with Crippen LogP contribution in [0.25, 0.3) is 0 Å². The van der Waals surface area contributed by atoms with E-state index >= 15 is 0 Å². The quantitative estimate of drug-likeness (QED) is 0.0161. The summed E-state index contributed by atoms with van der Waals surface area (Å²) in [6.45, 7) is 6.79. The predicted octanol–water partition coefficient (Wildman–Crippen LogP) is 20.2. The summed E-state index contributed by atoms with van der Waals surface area (Å²) < 4.78 is 30.3. The van der Waals surface area contributed by atoms with Crippen LogP contribution in [0.5, 0.6) is 0 Å². The van der Waals surface area contributed by atoms with Gasteiger partial charge in [-0.15, -0.1) is 0 Å². The number of ether oxygens (including phenoxy) is 1. The molecule has 0 aromatic heterocycles. The topological polar surface area (TPSA) is 114 Å². The molecule has 0 heterocycles. The van der Waals surface area contributed by atoms with Crippen LogP contribution in [-0.2, 0) is 27.9 Å². The molecule has 0 saturated heterocycles. The Balaban J connectivity index is 5.02. The van der Waals surface area contributed by atoms with Gasteiger partial charge in [-0.05, 0) is 96.0 Å². The Hall–Kier alpha value is -2.55. The van der Waals surface area contributed by atoms with E-state index in [1.54, 1.807) is 0 Å². The summed E-state index contributed by atoms with van der Waals surface area (Å²) in [5.41, 5.74) is 0. The van der Waals surface area contributed by atoms with E-state index in [1.807, 2.05) is 33.3 Å². The van der Waals surface area contributed by atoms with Crippen molar-refractivity contribution in [3.63, 3.8) is 0 Å². The molecule has 79 heavy (non-hydrogen) atoms. The molecule has 0 aliphatic rings. The third-order valence-electron chi connectivity index (χ3n) is 14.6. The van der Waals surface area contributed by atoms with Gasteiger partial charge < -0.3 is 28.5 Å². The fourth-order valence-electron chi connectivity index (χ4n) is 9.46. The monoisotopic (exact) mass is 1130 g/mol. The zero-order valence-corrected chi connectivity index (χ0v) is 53.5. The van der Waals surface area contributed by atoms with Gasteiger partial charge >= 0.3 is 5.97 Å². The summed E-state index contributed by atoms with van der Waals surface area (Å²) >= 11 is 0. The maximum Gasteiger partial charge on any atom is 0.306 e. The van der Waals surface area contributed by atoms with Crippen molar-refractivity contribution in [1.29, 1.82) is 0 Å². The van der Waals surface area contributed by atoms with Gasteiger partial charge in [0, 0.05) is 12.8 Å². The third-order valence-corrected chi connectivity index (χ3v) is 15.6. The van der Waals surface area contributed by atoms with Crippen LogP contribution in [0.1, 0.15) is 303 Å². The SMILES string of the molecule is CCCCC/C=C\C/C=C\C/C=C\CCCCCCCCCCCCCCCCC(=O)NC(COP(=O)([O-])OCC[N+](C)(C)C)C(/C=C\CCCCCCCCCCC)OC(=O)CCCCCCCC/C=C/C=C/CCCCC. The van der Waals surface area contributed by atoms with E-state index in [-0.39, 0.29) is 24.9 Å². The van der Waals surface area contributed by atoms with Crippen LogP contribution in [0, 0.1) is 0 Å². The highest BCUT2D eigenvalue weighted by Gasteiger charge is 2.27. The van der Waals surface area contributed by atoms with Crippen molar-refractivity contribution in [2.24, 2.45) is 0 Å². The Kier molecular flexibility index (Phi) is 56.7. The van der Waals surface area contributed by atoms with E-state index in [2.05, 4.69) is 86.8 Å². The first kappa shape index (κ1) is 76.5. The predicted molar refractivity (Wildman–Crippen MR) is 339 cm³/mol. The number of rotatable bonds is 60. The number of carbonyl (C=O) groups excluding carboxylic acids is 2. The Bertz CT molecular complexity index is 1580. The molecular weight excluding hydrogens is 1000 g/mol. The summed E-state index contributed by atoms with van der Waals surface area (Å²) in [4.78, 5) is 40.0. The largest absolute Gasteiger partial charge is 0.756 e. The number of quaternary nitrogens is 1. The molecular formula is C69H127N2O7P. The van der Waals surface area contributed by atoms with Gasteiger partial charge in [0.2, 0.25) is 5.91 Å². The average molecular weight is 1130 g/mol. The molecule has 0 aliphatic carbocycles. The number of phosphoric acid groups is 1. The Morgan fingerprint density at radius 2 is 0.810 bits per heavy atom. The second kappa shape index (κ2) is 58.6. The van der Waals surface area contributed by atoms with Gasteiger partial charge in [-0.3, -0.25) is 14.2 Å². The molecule has 0 rings (SSSR count). The van der Waals surface area contributed by atoms with Crippen LogP contribution in [0.15, 0.2) is 72.9 Å². The summed E-state index contributed by atoms with van der Waals surface area (Å²) in [7, 11) is 1.18. The van der Waals surface area contributed by atoms with E-state index in [4.69, 9.17) is 13.8 Å². The van der Waals surface area contributed by atoms with Gasteiger partial charge in [0.25, 0.3) is 7.82 Å². The van der Waals surface area contributed by atoms with Crippen LogP contribution < -0.4 is 10.2 Å². The maximum atomic E-state index is 13.6. The fraction of sp³-hybridized carbons (Fsp3) is 0.797. The molecule has 0 aromatic rings. The van der Waals surface area contributed by atoms with Gasteiger partial charge in [-0.2, -0.15) is 0 Å². The summed E-state index contributed by atoms with van der Waals surface area (Å²) in [5, 5.41) is 3.03. The number of esters is 1. The van der Waals surface area contributed by atoms with Crippen LogP contribution >= 0.6 is 7.82 Å². The van der Waals surface area contributed by atoms with Gasteiger partial charge in [-0.25, -0.2) is 0 Å². The van der Waals surface area contributed by atoms with Crippen molar-refractivity contribution >= 4 is 19.7 Å². The van der Waals surface area contributed by atoms with E-state index in [0.29, 0.717) is 17.4 Å². The van der Waals surface area contributed by atoms with Gasteiger partial charge in [0.1, 0.15) is 19.3 Å². The second-order valence-corrected chi connectivity index (χ2v) is 25.1. The minimum absolute atomic E-state index is 0.0257. The number of nitrogens with one attached hydrogen (secondary N) is 1. The molecule has 0 spiro atoms. The van der Waals surface area contributed by atoms with E-state index in [0.717, 1.165) is 89.9 Å². The van der Waals surface area contributed by atoms with Crippen molar-refractivity contribution in [3.05, 3.63) is 72.9 Å². The number of nitrogens with zero attached hydrogens (tertiary/aromatic N) is 1. The maximum absolute atomic E-state index is 13.6. The Morgan fingerprint density at radius 1 is 0.456 bits per heavy atom. The van der Waals surface area contributed by atoms with Crippen molar-refractivity contribution in [1.82, 2.24) is 5.32 Å². The standard InChI is InChI=1S/C69H127N2O7P/c1-7-10-13-16-19-22-25-27-29-30-31-32-33-34-35-36-37-38-39-40-42-43-46-49-52-55-58-61-68(72)70-66(65-77-79(74,75)76-64-63-71(4,5)6)67(60-57-54-51-48-45-24-21-18-15-12-9-3)78-69(73)62-59-56-53-50-47-44-41-28-26-23-20-17-14-11-8-2/h19-20,22-23,26-29,31-32,57,60,66-67H,7-18,21,24-25,30,33-56,58-59,61-65H2,1-6H3,(H-,70,72,74,75)/b22-19-,23-20+,28-26+,29-27-,32-31-,60-57-. The van der Waals surface area contributed by atoms with E-state index < -0.39 is 26.6 Å². The number of unbranched alkanes of at least 4 members (excludes halogenated alkanes) is 35. The number of allylic oxidation sites excluding steroid dienone is 11. The molecule has 3 atom stereocenters. The Labute approximate surface area is 489 Å². The van der Waals surface area contributed by atoms with E-state index in [1.165, 1.54) is 180 Å². The van der Waals surface area contributed by atoms with Crippen molar-refractivity contribution in [2.45, 2.75) is 315 Å². The zero-order chi connectivity index (χ0) is 57.9. The molecule has 3 unspecified atom stereocenters. The second-order valence-electron chi connectivity index (χ2n) is 23.6. The lowest BCUT2D eigenvalue weighted by Gasteiger charge is -2.30. The number of carbonyl (C=O) groups is 2. The number of hydrogen-bond acceptors (Lipinski definition) is 7. The Morgan fingerprint density at radius 3 is 1.25 bits per heavy atom. The van der Waals surface area contributed by atoms with Gasteiger partial charge in [-0.1, -0.05) is 267 Å². The van der Waals surface area contributed by atoms with Gasteiger partial charge in [0.15, 0.2) is 0 Å². The first-order chi connectivity index (χ1) is 38.4. The normalized spacial score (nSPS) is 14.1. The highest BCUT2D eigenvalue weighted by molar-refractivity contribution is 7.45. The highest BCUT2D eigenvalue weighted by atomic mass is 31.2. The highest BCUT2D eigenvalue weighted by Crippen LogP contribution is 2.38. The molecule has 0 radical (unpaired) electrons. The van der Waals surface area contributed by atoms with Crippen molar-refractivity contribution < 1.29 is 37.3 Å². The van der Waals surface area contributed by atoms with Crippen LogP contribution in [0.3, 0.4) is 0 Å². The third kappa shape index (κ3) is 59.9. The molecule has 1 N–H and O–H groups in total. The smallest absolute Gasteiger partial charge is 0.306 e. The number of hydrogen-bond donors (Lipinski definition) is 1. The number of amides is 1. The van der Waals surface area contributed by atoms with Crippen molar-refractivity contribution in [3.8, 4) is 0 Å². The molecule has 9 nitrogen and oxygen atoms in total. The molecule has 0 aromatic carbocycles. The molecule has 0 fully saturated rings. The van der Waals surface area contributed by atoms with Crippen LogP contribution in [0.4, 0.5) is 0 Å². The van der Waals surface area contributed by atoms with Gasteiger partial charge in [0.05, 0.1) is 33.8 Å². The lowest BCUT2D eigenvalue weighted by Crippen LogP contribution is -2.47. The van der Waals surface area contributed by atoms with Crippen LogP contribution in [-0.4, -0.2) is 69.4 Å². The molecule has 0 bridgehead atoms. The molecule has 10 heteroatoms.